The molecule has 0 bridgehead atoms. The fraction of sp³-hybridized carbons (Fsp3) is 0.286. The number of rotatable bonds is 5. The predicted octanol–water partition coefficient (Wildman–Crippen LogP) is 3.74. The fourth-order valence-electron chi connectivity index (χ4n) is 2.81. The van der Waals surface area contributed by atoms with Gasteiger partial charge in [-0.2, -0.15) is 4.72 Å². The van der Waals surface area contributed by atoms with E-state index in [1.807, 2.05) is 24.3 Å². The van der Waals surface area contributed by atoms with Crippen LogP contribution in [0.25, 0.3) is 10.9 Å². The summed E-state index contributed by atoms with van der Waals surface area (Å²) in [5.41, 5.74) is 1.78. The Balaban J connectivity index is 1.72. The minimum absolute atomic E-state index is 0.0772. The molecule has 0 aliphatic rings. The van der Waals surface area contributed by atoms with Crippen molar-refractivity contribution < 1.29 is 17.9 Å². The number of aromatic amines is 1. The van der Waals surface area contributed by atoms with Crippen LogP contribution in [0.2, 0.25) is 0 Å². The van der Waals surface area contributed by atoms with E-state index in [0.717, 1.165) is 16.5 Å². The van der Waals surface area contributed by atoms with Crippen LogP contribution in [0.15, 0.2) is 59.6 Å². The molecule has 0 spiro atoms. The lowest BCUT2D eigenvalue weighted by molar-refractivity contribution is -0.135. The molecule has 3 aromatic rings. The molecular weight excluding hydrogens is 376 g/mol. The smallest absolute Gasteiger partial charge is 0.329 e. The summed E-state index contributed by atoms with van der Waals surface area (Å²) in [5.74, 6) is -0.319. The Morgan fingerprint density at radius 1 is 1.07 bits per heavy atom. The van der Waals surface area contributed by atoms with E-state index in [9.17, 15) is 13.2 Å². The summed E-state index contributed by atoms with van der Waals surface area (Å²) >= 11 is 0. The van der Waals surface area contributed by atoms with Gasteiger partial charge < -0.3 is 9.72 Å². The standard InChI is InChI=1S/C21H24N2O4S/c1-14(20(24)27-19-13-22-18-8-6-5-7-17(18)19)23-28(25,26)16-11-9-15(10-12-16)21(2,3)4/h5-14,22-23H,1-4H3/t14-/m0/s1. The number of ether oxygens (including phenoxy) is 1. The molecule has 6 nitrogen and oxygen atoms in total. The SMILES string of the molecule is C[C@H](NS(=O)(=O)c1ccc(C(C)(C)C)cc1)C(=O)Oc1c[nH]c2ccccc12. The zero-order chi connectivity index (χ0) is 20.5. The first-order valence-electron chi connectivity index (χ1n) is 8.98. The Labute approximate surface area is 165 Å². The Bertz CT molecular complexity index is 1090. The number of sulfonamides is 1. The van der Waals surface area contributed by atoms with Gasteiger partial charge in [0.2, 0.25) is 10.0 Å². The van der Waals surface area contributed by atoms with E-state index in [1.165, 1.54) is 6.92 Å². The van der Waals surface area contributed by atoms with Gasteiger partial charge in [-0.3, -0.25) is 0 Å². The van der Waals surface area contributed by atoms with Crippen molar-refractivity contribution in [1.29, 1.82) is 0 Å². The van der Waals surface area contributed by atoms with E-state index in [0.29, 0.717) is 5.75 Å². The maximum absolute atomic E-state index is 12.6. The van der Waals surface area contributed by atoms with Gasteiger partial charge in [0.05, 0.1) is 4.90 Å². The van der Waals surface area contributed by atoms with E-state index >= 15 is 0 Å². The van der Waals surface area contributed by atoms with Gasteiger partial charge in [-0.05, 0) is 42.2 Å². The highest BCUT2D eigenvalue weighted by molar-refractivity contribution is 7.89. The number of para-hydroxylation sites is 1. The van der Waals surface area contributed by atoms with Gasteiger partial charge in [-0.25, -0.2) is 13.2 Å². The zero-order valence-corrected chi connectivity index (χ0v) is 17.1. The largest absolute Gasteiger partial charge is 0.423 e. The third-order valence-corrected chi connectivity index (χ3v) is 6.03. The van der Waals surface area contributed by atoms with Gasteiger partial charge in [-0.1, -0.05) is 45.0 Å². The van der Waals surface area contributed by atoms with Crippen LogP contribution in [-0.2, 0) is 20.2 Å². The van der Waals surface area contributed by atoms with Crippen molar-refractivity contribution in [2.75, 3.05) is 0 Å². The average molecular weight is 401 g/mol. The van der Waals surface area contributed by atoms with Crippen LogP contribution >= 0.6 is 0 Å². The molecule has 1 heterocycles. The second-order valence-electron chi connectivity index (χ2n) is 7.74. The maximum Gasteiger partial charge on any atom is 0.329 e. The molecule has 0 unspecified atom stereocenters. The maximum atomic E-state index is 12.6. The van der Waals surface area contributed by atoms with Crippen LogP contribution in [0.1, 0.15) is 33.3 Å². The van der Waals surface area contributed by atoms with Crippen LogP contribution in [0.3, 0.4) is 0 Å². The number of carbonyl (C=O) groups excluding carboxylic acids is 1. The Hall–Kier alpha value is -2.64. The number of carbonyl (C=O) groups is 1. The number of hydrogen-bond acceptors (Lipinski definition) is 4. The molecule has 0 aliphatic carbocycles. The highest BCUT2D eigenvalue weighted by Crippen LogP contribution is 2.26. The number of hydrogen-bond donors (Lipinski definition) is 2. The number of esters is 1. The number of H-pyrrole nitrogens is 1. The first kappa shape index (κ1) is 20.1. The normalized spacial score (nSPS) is 13.4. The summed E-state index contributed by atoms with van der Waals surface area (Å²) in [4.78, 5) is 15.5. The lowest BCUT2D eigenvalue weighted by Crippen LogP contribution is -2.40. The first-order chi connectivity index (χ1) is 13.1. The van der Waals surface area contributed by atoms with Gasteiger partial charge in [0, 0.05) is 17.1 Å². The predicted molar refractivity (Wildman–Crippen MR) is 109 cm³/mol. The lowest BCUT2D eigenvalue weighted by Gasteiger charge is -2.19. The summed E-state index contributed by atoms with van der Waals surface area (Å²) < 4.78 is 33.0. The van der Waals surface area contributed by atoms with E-state index in [2.05, 4.69) is 30.5 Å². The molecule has 0 saturated carbocycles. The quantitative estimate of drug-likeness (QED) is 0.639. The fourth-order valence-corrected chi connectivity index (χ4v) is 4.00. The number of benzene rings is 2. The van der Waals surface area contributed by atoms with Crippen molar-refractivity contribution in [3.63, 3.8) is 0 Å². The highest BCUT2D eigenvalue weighted by atomic mass is 32.2. The van der Waals surface area contributed by atoms with Crippen molar-refractivity contribution in [3.8, 4) is 5.75 Å². The summed E-state index contributed by atoms with van der Waals surface area (Å²) in [6.45, 7) is 7.62. The molecule has 3 rings (SSSR count). The van der Waals surface area contributed by atoms with Gasteiger partial charge >= 0.3 is 5.97 Å². The van der Waals surface area contributed by atoms with Gasteiger partial charge in [-0.15, -0.1) is 0 Å². The molecule has 1 atom stereocenters. The number of nitrogens with one attached hydrogen (secondary N) is 2. The van der Waals surface area contributed by atoms with Crippen LogP contribution in [0, 0.1) is 0 Å². The molecule has 0 fully saturated rings. The monoisotopic (exact) mass is 400 g/mol. The van der Waals surface area contributed by atoms with Gasteiger partial charge in [0.1, 0.15) is 6.04 Å². The molecule has 0 radical (unpaired) electrons. The lowest BCUT2D eigenvalue weighted by atomic mass is 9.87. The summed E-state index contributed by atoms with van der Waals surface area (Å²) in [5, 5.41) is 0.753. The van der Waals surface area contributed by atoms with Crippen molar-refractivity contribution in [1.82, 2.24) is 9.71 Å². The van der Waals surface area contributed by atoms with Gasteiger partial charge in [0.15, 0.2) is 5.75 Å². The second kappa shape index (κ2) is 7.41. The van der Waals surface area contributed by atoms with E-state index in [4.69, 9.17) is 4.74 Å². The number of aromatic nitrogens is 1. The van der Waals surface area contributed by atoms with E-state index in [1.54, 1.807) is 30.5 Å². The minimum atomic E-state index is -3.85. The van der Waals surface area contributed by atoms with Gasteiger partial charge in [0.25, 0.3) is 0 Å². The molecule has 0 amide bonds. The molecule has 0 saturated heterocycles. The Morgan fingerprint density at radius 3 is 2.36 bits per heavy atom. The van der Waals surface area contributed by atoms with Crippen LogP contribution < -0.4 is 9.46 Å². The van der Waals surface area contributed by atoms with Crippen LogP contribution in [-0.4, -0.2) is 25.4 Å². The molecule has 7 heteroatoms. The molecule has 28 heavy (non-hydrogen) atoms. The molecule has 2 N–H and O–H groups in total. The van der Waals surface area contributed by atoms with Crippen molar-refractivity contribution in [3.05, 3.63) is 60.3 Å². The molecular formula is C21H24N2O4S. The summed E-state index contributed by atoms with van der Waals surface area (Å²) in [7, 11) is -3.85. The van der Waals surface area contributed by atoms with Crippen LogP contribution in [0.5, 0.6) is 5.75 Å². The van der Waals surface area contributed by atoms with Crippen molar-refractivity contribution in [2.45, 2.75) is 44.0 Å². The second-order valence-corrected chi connectivity index (χ2v) is 9.45. The summed E-state index contributed by atoms with van der Waals surface area (Å²) in [6, 6.07) is 13.0. The van der Waals surface area contributed by atoms with E-state index < -0.39 is 22.0 Å². The number of fused-ring (bicyclic) bond motifs is 1. The van der Waals surface area contributed by atoms with Crippen molar-refractivity contribution >= 4 is 26.9 Å². The summed E-state index contributed by atoms with van der Waals surface area (Å²) in [6.07, 6.45) is 1.58. The average Bonchev–Trinajstić information content (AvgIpc) is 3.04. The third kappa shape index (κ3) is 4.26. The van der Waals surface area contributed by atoms with Crippen molar-refractivity contribution in [2.24, 2.45) is 0 Å². The minimum Gasteiger partial charge on any atom is -0.423 e. The molecule has 0 aliphatic heterocycles. The molecule has 1 aromatic heterocycles. The molecule has 148 valence electrons. The topological polar surface area (TPSA) is 88.3 Å². The molecule has 2 aromatic carbocycles. The first-order valence-corrected chi connectivity index (χ1v) is 10.5. The zero-order valence-electron chi connectivity index (χ0n) is 16.3. The van der Waals surface area contributed by atoms with Crippen LogP contribution in [0.4, 0.5) is 0 Å². The van der Waals surface area contributed by atoms with E-state index in [-0.39, 0.29) is 10.3 Å². The highest BCUT2D eigenvalue weighted by Gasteiger charge is 2.25. The Kier molecular flexibility index (Phi) is 5.32. The Morgan fingerprint density at radius 2 is 1.71 bits per heavy atom. The third-order valence-electron chi connectivity index (χ3n) is 4.48.